The fraction of sp³-hybridized carbons (Fsp3) is 0.167. The molecule has 2 N–H and O–H groups in total. The Morgan fingerprint density at radius 2 is 1.54 bits per heavy atom. The summed E-state index contributed by atoms with van der Waals surface area (Å²) >= 11 is 0. The Bertz CT molecular complexity index is 385. The molecule has 0 atom stereocenters. The van der Waals surface area contributed by atoms with Gasteiger partial charge in [-0.3, -0.25) is 0 Å². The molecule has 13 heavy (non-hydrogen) atoms. The Labute approximate surface area is 80.7 Å². The highest BCUT2D eigenvalue weighted by molar-refractivity contribution is 5.85. The van der Waals surface area contributed by atoms with Crippen LogP contribution < -0.4 is 5.73 Å². The number of nitrogens with two attached hydrogens (primary N) is 1. The minimum Gasteiger partial charge on any atom is -0.399 e. The van der Waals surface area contributed by atoms with E-state index in [1.165, 1.54) is 10.8 Å². The average Bonchev–Trinajstić information content (AvgIpc) is 2.21. The summed E-state index contributed by atoms with van der Waals surface area (Å²) in [5.74, 6) is 0. The quantitative estimate of drug-likeness (QED) is 0.607. The summed E-state index contributed by atoms with van der Waals surface area (Å²) in [4.78, 5) is 0. The van der Waals surface area contributed by atoms with Crippen LogP contribution in [0.2, 0.25) is 0 Å². The van der Waals surface area contributed by atoms with Gasteiger partial charge in [-0.05, 0) is 22.9 Å². The van der Waals surface area contributed by atoms with Crippen molar-refractivity contribution < 1.29 is 1.43 Å². The minimum atomic E-state index is 0. The van der Waals surface area contributed by atoms with Gasteiger partial charge in [-0.2, -0.15) is 0 Å². The van der Waals surface area contributed by atoms with Gasteiger partial charge in [0.25, 0.3) is 0 Å². The van der Waals surface area contributed by atoms with Crippen molar-refractivity contribution in [1.82, 2.24) is 0 Å². The first-order chi connectivity index (χ1) is 6.36. The van der Waals surface area contributed by atoms with E-state index in [-0.39, 0.29) is 1.43 Å². The molecule has 2 rings (SSSR count). The predicted octanol–water partition coefficient (Wildman–Crippen LogP) is 3.69. The van der Waals surface area contributed by atoms with Gasteiger partial charge in [0.15, 0.2) is 0 Å². The number of benzene rings is 2. The molecule has 1 heteroatoms. The van der Waals surface area contributed by atoms with E-state index in [1.54, 1.807) is 0 Å². The smallest absolute Gasteiger partial charge is 0.0320 e. The van der Waals surface area contributed by atoms with E-state index in [0.717, 1.165) is 5.69 Å². The van der Waals surface area contributed by atoms with Crippen molar-refractivity contribution in [2.45, 2.75) is 13.8 Å². The minimum absolute atomic E-state index is 0. The van der Waals surface area contributed by atoms with Crippen molar-refractivity contribution in [3.63, 3.8) is 0 Å². The molecule has 0 aliphatic heterocycles. The molecule has 0 amide bonds. The maximum absolute atomic E-state index is 5.62. The molecule has 0 aliphatic rings. The molecule has 1 nitrogen and oxygen atoms in total. The number of fused-ring (bicyclic) bond motifs is 1. The number of nitrogen functional groups attached to an aromatic ring is 1. The number of rotatable bonds is 0. The van der Waals surface area contributed by atoms with Crippen LogP contribution in [0.3, 0.4) is 0 Å². The van der Waals surface area contributed by atoms with Crippen molar-refractivity contribution in [3.05, 3.63) is 42.5 Å². The monoisotopic (exact) mass is 175 g/mol. The molecule has 0 heterocycles. The van der Waals surface area contributed by atoms with Crippen molar-refractivity contribution in [1.29, 1.82) is 0 Å². The van der Waals surface area contributed by atoms with Gasteiger partial charge in [-0.1, -0.05) is 44.2 Å². The lowest BCUT2D eigenvalue weighted by molar-refractivity contribution is 1.50. The van der Waals surface area contributed by atoms with Gasteiger partial charge in [0.05, 0.1) is 0 Å². The van der Waals surface area contributed by atoms with Crippen LogP contribution in [0.15, 0.2) is 42.5 Å². The molecule has 0 bridgehead atoms. The summed E-state index contributed by atoms with van der Waals surface area (Å²) < 4.78 is 0. The van der Waals surface area contributed by atoms with E-state index in [0.29, 0.717) is 0 Å². The summed E-state index contributed by atoms with van der Waals surface area (Å²) in [7, 11) is 0. The first kappa shape index (κ1) is 9.59. The van der Waals surface area contributed by atoms with E-state index in [9.17, 15) is 0 Å². The fourth-order valence-corrected chi connectivity index (χ4v) is 1.21. The molecule has 70 valence electrons. The molecule has 0 radical (unpaired) electrons. The third-order valence-corrected chi connectivity index (χ3v) is 1.77. The van der Waals surface area contributed by atoms with Crippen molar-refractivity contribution in [2.75, 3.05) is 5.73 Å². The largest absolute Gasteiger partial charge is 0.399 e. The maximum Gasteiger partial charge on any atom is 0.0320 e. The van der Waals surface area contributed by atoms with Crippen LogP contribution in [0.4, 0.5) is 5.69 Å². The topological polar surface area (TPSA) is 26.0 Å². The highest BCUT2D eigenvalue weighted by atomic mass is 14.5. The lowest BCUT2D eigenvalue weighted by atomic mass is 10.1. The zero-order valence-electron chi connectivity index (χ0n) is 8.12. The van der Waals surface area contributed by atoms with E-state index in [4.69, 9.17) is 5.73 Å². The molecule has 0 spiro atoms. The van der Waals surface area contributed by atoms with Gasteiger partial charge in [0.2, 0.25) is 0 Å². The molecule has 2 aromatic rings. The van der Waals surface area contributed by atoms with Crippen molar-refractivity contribution >= 4 is 16.5 Å². The summed E-state index contributed by atoms with van der Waals surface area (Å²) in [5.41, 5.74) is 6.45. The highest BCUT2D eigenvalue weighted by Gasteiger charge is 1.89. The van der Waals surface area contributed by atoms with Crippen LogP contribution in [-0.2, 0) is 0 Å². The van der Waals surface area contributed by atoms with Gasteiger partial charge in [-0.25, -0.2) is 0 Å². The highest BCUT2D eigenvalue weighted by Crippen LogP contribution is 2.15. The van der Waals surface area contributed by atoms with Crippen molar-refractivity contribution in [3.8, 4) is 0 Å². The van der Waals surface area contributed by atoms with Gasteiger partial charge in [0.1, 0.15) is 0 Å². The van der Waals surface area contributed by atoms with Gasteiger partial charge in [-0.15, -0.1) is 0 Å². The van der Waals surface area contributed by atoms with Crippen LogP contribution in [0.5, 0.6) is 0 Å². The summed E-state index contributed by atoms with van der Waals surface area (Å²) in [5, 5.41) is 2.44. The Morgan fingerprint density at radius 1 is 0.923 bits per heavy atom. The molecule has 2 aromatic carbocycles. The summed E-state index contributed by atoms with van der Waals surface area (Å²) in [6, 6.07) is 14.1. The number of hydrogen-bond donors (Lipinski definition) is 1. The molecular formula is C12H17N. The Hall–Kier alpha value is -1.50. The van der Waals surface area contributed by atoms with E-state index < -0.39 is 0 Å². The number of hydrogen-bond acceptors (Lipinski definition) is 1. The zero-order chi connectivity index (χ0) is 9.68. The second-order valence-electron chi connectivity index (χ2n) is 2.61. The van der Waals surface area contributed by atoms with E-state index in [2.05, 4.69) is 12.1 Å². The average molecular weight is 175 g/mol. The van der Waals surface area contributed by atoms with Crippen LogP contribution >= 0.6 is 0 Å². The number of anilines is 1. The summed E-state index contributed by atoms with van der Waals surface area (Å²) in [6.45, 7) is 4.00. The van der Waals surface area contributed by atoms with Crippen LogP contribution in [0, 0.1) is 0 Å². The Morgan fingerprint density at radius 3 is 2.23 bits per heavy atom. The lowest BCUT2D eigenvalue weighted by Gasteiger charge is -1.96. The third kappa shape index (κ3) is 2.22. The second-order valence-corrected chi connectivity index (χ2v) is 2.61. The van der Waals surface area contributed by atoms with E-state index in [1.807, 2.05) is 44.2 Å². The third-order valence-electron chi connectivity index (χ3n) is 1.77. The maximum atomic E-state index is 5.62. The molecule has 0 fully saturated rings. The van der Waals surface area contributed by atoms with E-state index >= 15 is 0 Å². The fourth-order valence-electron chi connectivity index (χ4n) is 1.21. The first-order valence-corrected chi connectivity index (χ1v) is 4.60. The Balaban J connectivity index is 0.000000531. The molecule has 0 unspecified atom stereocenters. The van der Waals surface area contributed by atoms with Crippen LogP contribution in [0.1, 0.15) is 15.3 Å². The van der Waals surface area contributed by atoms with Crippen LogP contribution in [0.25, 0.3) is 10.8 Å². The zero-order valence-corrected chi connectivity index (χ0v) is 8.12. The normalized spacial score (nSPS) is 9.08. The molecule has 0 aromatic heterocycles. The van der Waals surface area contributed by atoms with Crippen molar-refractivity contribution in [2.24, 2.45) is 0 Å². The molecule has 0 aliphatic carbocycles. The first-order valence-electron chi connectivity index (χ1n) is 4.60. The van der Waals surface area contributed by atoms with Gasteiger partial charge in [0, 0.05) is 7.11 Å². The Kier molecular flexibility index (Phi) is 3.32. The second kappa shape index (κ2) is 4.51. The van der Waals surface area contributed by atoms with Gasteiger partial charge < -0.3 is 5.73 Å². The van der Waals surface area contributed by atoms with Crippen LogP contribution in [-0.4, -0.2) is 0 Å². The molecular weight excluding hydrogens is 158 g/mol. The van der Waals surface area contributed by atoms with Gasteiger partial charge >= 0.3 is 0 Å². The summed E-state index contributed by atoms with van der Waals surface area (Å²) in [6.07, 6.45) is 0. The SMILES string of the molecule is CC.Nc1ccc2ccccc2c1.[HH]. The standard InChI is InChI=1S/C10H9N.C2H6.H2/c11-10-6-5-8-3-1-2-4-9(8)7-10;1-2;/h1-7H,11H2;1-2H3;1H. The molecule has 0 saturated carbocycles. The lowest BCUT2D eigenvalue weighted by Crippen LogP contribution is -1.82. The predicted molar refractivity (Wildman–Crippen MR) is 61.8 cm³/mol. The molecule has 0 saturated heterocycles.